The minimum absolute atomic E-state index is 0.0999. The standard InChI is InChI=1S/C31H30N2O3S/c1-23(26-20-19-25-13-10-14-27(25)21-26)32-31(34)29-17-8-9-18-30(29)33(22-24-11-4-2-5-12-24)37(35,36)28-15-6-3-7-16-28/h2-9,11-12,15-21,23H,10,13-14,22H2,1H3,(H,32,34)/t23-/m0/s1. The number of nitrogens with zero attached hydrogens (tertiary/aromatic N) is 1. The average molecular weight is 511 g/mol. The topological polar surface area (TPSA) is 66.5 Å². The van der Waals surface area contributed by atoms with Gasteiger partial charge in [0.1, 0.15) is 0 Å². The fourth-order valence-corrected chi connectivity index (χ4v) is 6.36. The summed E-state index contributed by atoms with van der Waals surface area (Å²) in [5.74, 6) is -0.315. The first-order valence-electron chi connectivity index (χ1n) is 12.6. The van der Waals surface area contributed by atoms with E-state index in [-0.39, 0.29) is 23.4 Å². The second kappa shape index (κ2) is 10.6. The van der Waals surface area contributed by atoms with Crippen LogP contribution in [0.4, 0.5) is 5.69 Å². The summed E-state index contributed by atoms with van der Waals surface area (Å²) >= 11 is 0. The maximum atomic E-state index is 13.9. The number of rotatable bonds is 8. The molecule has 0 aromatic heterocycles. The van der Waals surface area contributed by atoms with E-state index >= 15 is 0 Å². The maximum Gasteiger partial charge on any atom is 0.264 e. The van der Waals surface area contributed by atoms with Crippen molar-refractivity contribution in [3.05, 3.63) is 131 Å². The first-order chi connectivity index (χ1) is 17.9. The number of nitrogens with one attached hydrogen (secondary N) is 1. The zero-order valence-electron chi connectivity index (χ0n) is 20.8. The van der Waals surface area contributed by atoms with Crippen LogP contribution in [0.15, 0.2) is 108 Å². The molecule has 4 aromatic carbocycles. The molecule has 1 N–H and O–H groups in total. The SMILES string of the molecule is C[C@H](NC(=O)c1ccccc1N(Cc1ccccc1)S(=O)(=O)c1ccccc1)c1ccc2c(c1)CCC2. The molecule has 0 saturated carbocycles. The van der Waals surface area contributed by atoms with Gasteiger partial charge in [-0.25, -0.2) is 8.42 Å². The lowest BCUT2D eigenvalue weighted by Crippen LogP contribution is -2.34. The summed E-state index contributed by atoms with van der Waals surface area (Å²) in [5, 5.41) is 3.09. The van der Waals surface area contributed by atoms with Gasteiger partial charge in [-0.05, 0) is 72.7 Å². The molecule has 0 radical (unpaired) electrons. The summed E-state index contributed by atoms with van der Waals surface area (Å²) in [7, 11) is -3.94. The molecule has 0 bridgehead atoms. The van der Waals surface area contributed by atoms with Gasteiger partial charge >= 0.3 is 0 Å². The van der Waals surface area contributed by atoms with Crippen LogP contribution in [0.5, 0.6) is 0 Å². The smallest absolute Gasteiger partial charge is 0.264 e. The van der Waals surface area contributed by atoms with E-state index in [9.17, 15) is 13.2 Å². The van der Waals surface area contributed by atoms with E-state index < -0.39 is 10.0 Å². The van der Waals surface area contributed by atoms with Gasteiger partial charge in [0.25, 0.3) is 15.9 Å². The molecule has 0 heterocycles. The number of carbonyl (C=O) groups excluding carboxylic acids is 1. The third kappa shape index (κ3) is 5.30. The fourth-order valence-electron chi connectivity index (χ4n) is 4.87. The molecule has 1 aliphatic rings. The summed E-state index contributed by atoms with van der Waals surface area (Å²) in [4.78, 5) is 13.7. The normalized spacial score (nSPS) is 13.5. The second-order valence-electron chi connectivity index (χ2n) is 9.40. The van der Waals surface area contributed by atoms with Crippen LogP contribution in [0.3, 0.4) is 0 Å². The Hall–Kier alpha value is -3.90. The second-order valence-corrected chi connectivity index (χ2v) is 11.3. The van der Waals surface area contributed by atoms with Gasteiger partial charge in [-0.1, -0.05) is 78.9 Å². The van der Waals surface area contributed by atoms with E-state index in [1.807, 2.05) is 37.3 Å². The van der Waals surface area contributed by atoms with Gasteiger partial charge in [0, 0.05) is 0 Å². The molecule has 4 aromatic rings. The third-order valence-corrected chi connectivity index (χ3v) is 8.66. The number of amides is 1. The first-order valence-corrected chi connectivity index (χ1v) is 14.0. The Kier molecular flexibility index (Phi) is 7.10. The van der Waals surface area contributed by atoms with Crippen molar-refractivity contribution in [2.45, 2.75) is 43.7 Å². The van der Waals surface area contributed by atoms with Crippen LogP contribution >= 0.6 is 0 Å². The van der Waals surface area contributed by atoms with Crippen LogP contribution in [-0.4, -0.2) is 14.3 Å². The number of fused-ring (bicyclic) bond motifs is 1. The predicted octanol–water partition coefficient (Wildman–Crippen LogP) is 6.06. The summed E-state index contributed by atoms with van der Waals surface area (Å²) < 4.78 is 29.0. The number of carbonyl (C=O) groups is 1. The van der Waals surface area contributed by atoms with E-state index in [4.69, 9.17) is 0 Å². The van der Waals surface area contributed by atoms with Gasteiger partial charge < -0.3 is 5.32 Å². The van der Waals surface area contributed by atoms with Crippen LogP contribution in [0.25, 0.3) is 0 Å². The minimum Gasteiger partial charge on any atom is -0.345 e. The van der Waals surface area contributed by atoms with E-state index in [0.29, 0.717) is 11.3 Å². The van der Waals surface area contributed by atoms with Crippen molar-refractivity contribution in [2.24, 2.45) is 0 Å². The number of hydrogen-bond donors (Lipinski definition) is 1. The van der Waals surface area contributed by atoms with Crippen molar-refractivity contribution in [2.75, 3.05) is 4.31 Å². The highest BCUT2D eigenvalue weighted by Crippen LogP contribution is 2.30. The van der Waals surface area contributed by atoms with E-state index in [2.05, 4.69) is 23.5 Å². The molecule has 5 rings (SSSR count). The Labute approximate surface area is 218 Å². The molecule has 188 valence electrons. The highest BCUT2D eigenvalue weighted by Gasteiger charge is 2.29. The molecule has 6 heteroatoms. The Morgan fingerprint density at radius 1 is 0.838 bits per heavy atom. The quantitative estimate of drug-likeness (QED) is 0.313. The Morgan fingerprint density at radius 2 is 1.49 bits per heavy atom. The summed E-state index contributed by atoms with van der Waals surface area (Å²) in [6.45, 7) is 2.06. The molecule has 0 fully saturated rings. The number of para-hydroxylation sites is 1. The molecule has 0 aliphatic heterocycles. The van der Waals surface area contributed by atoms with Gasteiger partial charge in [-0.15, -0.1) is 0 Å². The predicted molar refractivity (Wildman–Crippen MR) is 147 cm³/mol. The molecular formula is C31H30N2O3S. The van der Waals surface area contributed by atoms with E-state index in [1.165, 1.54) is 21.9 Å². The van der Waals surface area contributed by atoms with Crippen molar-refractivity contribution >= 4 is 21.6 Å². The zero-order valence-corrected chi connectivity index (χ0v) is 21.6. The van der Waals surface area contributed by atoms with Crippen LogP contribution in [-0.2, 0) is 29.4 Å². The average Bonchev–Trinajstić information content (AvgIpc) is 3.41. The molecule has 0 unspecified atom stereocenters. The van der Waals surface area contributed by atoms with Crippen LogP contribution in [0, 0.1) is 0 Å². The molecule has 1 aliphatic carbocycles. The van der Waals surface area contributed by atoms with E-state index in [1.54, 1.807) is 54.6 Å². The molecule has 1 atom stereocenters. The van der Waals surface area contributed by atoms with Crippen LogP contribution in [0.2, 0.25) is 0 Å². The lowest BCUT2D eigenvalue weighted by Gasteiger charge is -2.27. The molecular weight excluding hydrogens is 480 g/mol. The summed E-state index contributed by atoms with van der Waals surface area (Å²) in [6, 6.07) is 30.8. The number of aryl methyl sites for hydroxylation is 2. The minimum atomic E-state index is -3.94. The van der Waals surface area contributed by atoms with Crippen LogP contribution in [0.1, 0.15) is 52.0 Å². The fraction of sp³-hybridized carbons (Fsp3) is 0.194. The summed E-state index contributed by atoms with van der Waals surface area (Å²) in [5.41, 5.74) is 5.25. The Balaban J connectivity index is 1.49. The largest absolute Gasteiger partial charge is 0.345 e. The van der Waals surface area contributed by atoms with Crippen molar-refractivity contribution < 1.29 is 13.2 Å². The van der Waals surface area contributed by atoms with Gasteiger partial charge in [0.15, 0.2) is 0 Å². The number of benzene rings is 4. The Bertz CT molecular complexity index is 1500. The number of hydrogen-bond acceptors (Lipinski definition) is 3. The first kappa shape index (κ1) is 24.8. The number of sulfonamides is 1. The van der Waals surface area contributed by atoms with Crippen molar-refractivity contribution in [1.29, 1.82) is 0 Å². The van der Waals surface area contributed by atoms with Crippen LogP contribution < -0.4 is 9.62 Å². The zero-order chi connectivity index (χ0) is 25.8. The lowest BCUT2D eigenvalue weighted by molar-refractivity contribution is 0.0940. The van der Waals surface area contributed by atoms with Crippen molar-refractivity contribution in [3.63, 3.8) is 0 Å². The monoisotopic (exact) mass is 510 g/mol. The van der Waals surface area contributed by atoms with Crippen molar-refractivity contribution in [1.82, 2.24) is 5.32 Å². The molecule has 0 spiro atoms. The molecule has 0 saturated heterocycles. The van der Waals surface area contributed by atoms with Crippen molar-refractivity contribution in [3.8, 4) is 0 Å². The van der Waals surface area contributed by atoms with Gasteiger partial charge in [0.2, 0.25) is 0 Å². The molecule has 37 heavy (non-hydrogen) atoms. The molecule has 5 nitrogen and oxygen atoms in total. The highest BCUT2D eigenvalue weighted by molar-refractivity contribution is 7.92. The summed E-state index contributed by atoms with van der Waals surface area (Å²) in [6.07, 6.45) is 3.34. The maximum absolute atomic E-state index is 13.9. The highest BCUT2D eigenvalue weighted by atomic mass is 32.2. The molecule has 1 amide bonds. The Morgan fingerprint density at radius 3 is 2.24 bits per heavy atom. The number of anilines is 1. The van der Waals surface area contributed by atoms with Gasteiger partial charge in [0.05, 0.1) is 28.7 Å². The third-order valence-electron chi connectivity index (χ3n) is 6.89. The lowest BCUT2D eigenvalue weighted by atomic mass is 10.0. The van der Waals surface area contributed by atoms with Gasteiger partial charge in [-0.3, -0.25) is 9.10 Å². The van der Waals surface area contributed by atoms with E-state index in [0.717, 1.165) is 24.0 Å². The van der Waals surface area contributed by atoms with Gasteiger partial charge in [-0.2, -0.15) is 0 Å².